The monoisotopic (exact) mass is 234 g/mol. The van der Waals surface area contributed by atoms with Gasteiger partial charge < -0.3 is 14.2 Å². The minimum Gasteiger partial charge on any atom is -0.477 e. The highest BCUT2D eigenvalue weighted by molar-refractivity contribution is 5.86. The van der Waals surface area contributed by atoms with Crippen molar-refractivity contribution in [3.05, 3.63) is 51.8 Å². The van der Waals surface area contributed by atoms with Crippen LogP contribution < -0.4 is 5.43 Å². The smallest absolute Gasteiger partial charge is 0.341 e. The highest BCUT2D eigenvalue weighted by Crippen LogP contribution is 2.04. The van der Waals surface area contributed by atoms with E-state index in [0.717, 1.165) is 0 Å². The lowest BCUT2D eigenvalue weighted by Crippen LogP contribution is -2.16. The van der Waals surface area contributed by atoms with Gasteiger partial charge in [-0.05, 0) is 6.92 Å². The molecule has 88 valence electrons. The first kappa shape index (κ1) is 11.1. The van der Waals surface area contributed by atoms with Gasteiger partial charge in [0.2, 0.25) is 0 Å². The first-order valence-electron chi connectivity index (χ1n) is 4.92. The van der Waals surface area contributed by atoms with Gasteiger partial charge >= 0.3 is 5.97 Å². The van der Waals surface area contributed by atoms with Crippen LogP contribution in [0.25, 0.3) is 0 Å². The number of hydrogen-bond acceptors (Lipinski definition) is 4. The van der Waals surface area contributed by atoms with Crippen molar-refractivity contribution in [1.29, 1.82) is 0 Å². The first-order chi connectivity index (χ1) is 8.06. The number of carboxylic acid groups (broad SMARTS) is 1. The number of hydrogen-bond donors (Lipinski definition) is 1. The van der Waals surface area contributed by atoms with Crippen LogP contribution in [0.3, 0.4) is 0 Å². The van der Waals surface area contributed by atoms with Crippen LogP contribution >= 0.6 is 0 Å². The van der Waals surface area contributed by atoms with E-state index in [1.54, 1.807) is 17.6 Å². The van der Waals surface area contributed by atoms with E-state index in [-0.39, 0.29) is 5.56 Å². The van der Waals surface area contributed by atoms with Crippen molar-refractivity contribution in [1.82, 2.24) is 9.72 Å². The molecule has 6 heteroatoms. The molecule has 2 heterocycles. The van der Waals surface area contributed by atoms with Gasteiger partial charge in [0.1, 0.15) is 17.0 Å². The van der Waals surface area contributed by atoms with Crippen LogP contribution in [0, 0.1) is 6.92 Å². The minimum atomic E-state index is -1.24. The number of aromatic carboxylic acids is 1. The largest absolute Gasteiger partial charge is 0.477 e. The van der Waals surface area contributed by atoms with Gasteiger partial charge in [0.15, 0.2) is 5.43 Å². The lowest BCUT2D eigenvalue weighted by Gasteiger charge is -2.03. The van der Waals surface area contributed by atoms with Crippen molar-refractivity contribution in [2.45, 2.75) is 13.5 Å². The summed E-state index contributed by atoms with van der Waals surface area (Å²) in [6, 6.07) is 2.97. The van der Waals surface area contributed by atoms with Crippen molar-refractivity contribution in [2.75, 3.05) is 0 Å². The number of pyridine rings is 1. The third-order valence-corrected chi connectivity index (χ3v) is 2.23. The van der Waals surface area contributed by atoms with Crippen molar-refractivity contribution < 1.29 is 14.4 Å². The number of nitrogens with zero attached hydrogens (tertiary/aromatic N) is 2. The Labute approximate surface area is 96.1 Å². The van der Waals surface area contributed by atoms with Crippen LogP contribution in [0.2, 0.25) is 0 Å². The molecule has 0 aliphatic heterocycles. The molecule has 2 rings (SSSR count). The number of aromatic nitrogens is 2. The Morgan fingerprint density at radius 1 is 1.59 bits per heavy atom. The maximum absolute atomic E-state index is 11.2. The summed E-state index contributed by atoms with van der Waals surface area (Å²) in [6.45, 7) is 2.13. The quantitative estimate of drug-likeness (QED) is 0.852. The third-order valence-electron chi connectivity index (χ3n) is 2.23. The molecule has 0 aliphatic carbocycles. The molecule has 6 nitrogen and oxygen atoms in total. The Hall–Kier alpha value is -2.37. The van der Waals surface area contributed by atoms with Crippen LogP contribution in [0.5, 0.6) is 0 Å². The molecule has 0 aromatic carbocycles. The van der Waals surface area contributed by atoms with E-state index in [4.69, 9.17) is 9.63 Å². The number of carboxylic acids is 1. The highest BCUT2D eigenvalue weighted by atomic mass is 16.5. The van der Waals surface area contributed by atoms with Gasteiger partial charge in [-0.3, -0.25) is 4.79 Å². The molecule has 2 aromatic heterocycles. The summed E-state index contributed by atoms with van der Waals surface area (Å²) in [5.41, 5.74) is -0.0970. The van der Waals surface area contributed by atoms with Gasteiger partial charge in [-0.25, -0.2) is 4.79 Å². The van der Waals surface area contributed by atoms with E-state index in [9.17, 15) is 9.59 Å². The molecule has 0 unspecified atom stereocenters. The Bertz CT molecular complexity index is 612. The van der Waals surface area contributed by atoms with Crippen molar-refractivity contribution in [3.63, 3.8) is 0 Å². The van der Waals surface area contributed by atoms with Gasteiger partial charge in [-0.15, -0.1) is 0 Å². The fourth-order valence-electron chi connectivity index (χ4n) is 1.46. The number of carbonyl (C=O) groups is 1. The average molecular weight is 234 g/mol. The van der Waals surface area contributed by atoms with E-state index in [1.807, 2.05) is 0 Å². The summed E-state index contributed by atoms with van der Waals surface area (Å²) in [5.74, 6) is -0.555. The molecule has 0 saturated carbocycles. The highest BCUT2D eigenvalue weighted by Gasteiger charge is 2.09. The summed E-state index contributed by atoms with van der Waals surface area (Å²) >= 11 is 0. The maximum atomic E-state index is 11.2. The third kappa shape index (κ3) is 2.41. The second kappa shape index (κ2) is 4.25. The predicted molar refractivity (Wildman–Crippen MR) is 58.0 cm³/mol. The number of rotatable bonds is 3. The van der Waals surface area contributed by atoms with Crippen LogP contribution in [0.15, 0.2) is 33.8 Å². The standard InChI is InChI=1S/C11H10N2O4/c1-7-4-8(12-17-7)5-13-3-2-10(14)9(6-13)11(15)16/h2-4,6H,5H2,1H3,(H,15,16). The van der Waals surface area contributed by atoms with E-state index in [1.165, 1.54) is 18.5 Å². The fourth-order valence-corrected chi connectivity index (χ4v) is 1.46. The topological polar surface area (TPSA) is 85.3 Å². The number of aryl methyl sites for hydroxylation is 1. The Kier molecular flexibility index (Phi) is 2.78. The van der Waals surface area contributed by atoms with Gasteiger partial charge in [0.25, 0.3) is 0 Å². The van der Waals surface area contributed by atoms with Crippen molar-refractivity contribution in [3.8, 4) is 0 Å². The zero-order valence-corrected chi connectivity index (χ0v) is 9.08. The molecule has 2 aromatic rings. The molecule has 0 bridgehead atoms. The SMILES string of the molecule is Cc1cc(Cn2ccc(=O)c(C(=O)O)c2)no1. The van der Waals surface area contributed by atoms with Crippen molar-refractivity contribution >= 4 is 5.97 Å². The Balaban J connectivity index is 2.31. The van der Waals surface area contributed by atoms with E-state index in [2.05, 4.69) is 5.16 Å². The molecular weight excluding hydrogens is 224 g/mol. The van der Waals surface area contributed by atoms with Gasteiger partial charge in [-0.2, -0.15) is 0 Å². The van der Waals surface area contributed by atoms with Gasteiger partial charge in [0.05, 0.1) is 6.54 Å². The molecule has 0 saturated heterocycles. The van der Waals surface area contributed by atoms with E-state index in [0.29, 0.717) is 18.0 Å². The maximum Gasteiger partial charge on any atom is 0.341 e. The van der Waals surface area contributed by atoms with Gasteiger partial charge in [-0.1, -0.05) is 5.16 Å². The van der Waals surface area contributed by atoms with Crippen molar-refractivity contribution in [2.24, 2.45) is 0 Å². The second-order valence-electron chi connectivity index (χ2n) is 3.63. The van der Waals surface area contributed by atoms with Crippen LogP contribution in [-0.4, -0.2) is 20.8 Å². The summed E-state index contributed by atoms with van der Waals surface area (Å²) < 4.78 is 6.47. The average Bonchev–Trinajstić information content (AvgIpc) is 2.66. The molecule has 0 fully saturated rings. The summed E-state index contributed by atoms with van der Waals surface area (Å²) in [6.07, 6.45) is 2.80. The molecule has 0 amide bonds. The predicted octanol–water partition coefficient (Wildman–Crippen LogP) is 0.891. The van der Waals surface area contributed by atoms with Crippen LogP contribution in [0.4, 0.5) is 0 Å². The fraction of sp³-hybridized carbons (Fsp3) is 0.182. The Morgan fingerprint density at radius 3 is 2.94 bits per heavy atom. The van der Waals surface area contributed by atoms with E-state index >= 15 is 0 Å². The zero-order chi connectivity index (χ0) is 12.4. The molecule has 0 aliphatic rings. The molecule has 0 atom stereocenters. The van der Waals surface area contributed by atoms with Gasteiger partial charge in [0, 0.05) is 24.5 Å². The summed E-state index contributed by atoms with van der Waals surface area (Å²) in [4.78, 5) is 22.0. The Morgan fingerprint density at radius 2 is 2.35 bits per heavy atom. The molecule has 0 spiro atoms. The van der Waals surface area contributed by atoms with Crippen LogP contribution in [-0.2, 0) is 6.54 Å². The molecule has 1 N–H and O–H groups in total. The lowest BCUT2D eigenvalue weighted by atomic mass is 10.2. The van der Waals surface area contributed by atoms with Crippen LogP contribution in [0.1, 0.15) is 21.8 Å². The zero-order valence-electron chi connectivity index (χ0n) is 9.08. The molecular formula is C11H10N2O4. The second-order valence-corrected chi connectivity index (χ2v) is 3.63. The molecule has 0 radical (unpaired) electrons. The normalized spacial score (nSPS) is 10.4. The van der Waals surface area contributed by atoms with E-state index < -0.39 is 11.4 Å². The minimum absolute atomic E-state index is 0.257. The first-order valence-corrected chi connectivity index (χ1v) is 4.92. The summed E-state index contributed by atoms with van der Waals surface area (Å²) in [7, 11) is 0. The summed E-state index contributed by atoms with van der Waals surface area (Å²) in [5, 5.41) is 12.6. The molecule has 17 heavy (non-hydrogen) atoms. The lowest BCUT2D eigenvalue weighted by molar-refractivity contribution is 0.0694.